The van der Waals surface area contributed by atoms with Crippen molar-refractivity contribution in [1.82, 2.24) is 0 Å². The molecular weight excluding hydrogens is 236 g/mol. The fourth-order valence-electron chi connectivity index (χ4n) is 0.920. The Balaban J connectivity index is 0. The first-order valence-corrected chi connectivity index (χ1v) is 4.88. The zero-order valence-corrected chi connectivity index (χ0v) is 10.6. The summed E-state index contributed by atoms with van der Waals surface area (Å²) >= 11 is 4.16. The monoisotopic (exact) mass is 256 g/mol. The first-order valence-electron chi connectivity index (χ1n) is 4.25. The van der Waals surface area contributed by atoms with Crippen LogP contribution in [-0.2, 0) is 0 Å². The van der Waals surface area contributed by atoms with Gasteiger partial charge in [0.1, 0.15) is 6.67 Å². The van der Waals surface area contributed by atoms with Crippen LogP contribution in [0.3, 0.4) is 0 Å². The smallest absolute Gasteiger partial charge is 0.129 e. The Bertz CT molecular complexity index is 99.1. The van der Waals surface area contributed by atoms with E-state index in [0.717, 1.165) is 16.9 Å². The Labute approximate surface area is 92.3 Å². The highest BCUT2D eigenvalue weighted by Crippen LogP contribution is 2.02. The number of hydrogen-bond acceptors (Lipinski definition) is 2. The van der Waals surface area contributed by atoms with E-state index < -0.39 is 0 Å². The summed E-state index contributed by atoms with van der Waals surface area (Å²) < 4.78 is 0.937. The third-order valence-corrected chi connectivity index (χ3v) is 2.23. The number of halogens is 1. The summed E-state index contributed by atoms with van der Waals surface area (Å²) in [5.74, 6) is 1.01. The summed E-state index contributed by atoms with van der Waals surface area (Å²) in [4.78, 5) is 0. The number of rotatable bonds is 6. The van der Waals surface area contributed by atoms with Crippen LogP contribution in [0.25, 0.3) is 0 Å². The second-order valence-corrected chi connectivity index (χ2v) is 4.07. The van der Waals surface area contributed by atoms with Gasteiger partial charge in [-0.1, -0.05) is 0 Å². The summed E-state index contributed by atoms with van der Waals surface area (Å²) in [5, 5.41) is 0. The Kier molecular flexibility index (Phi) is 10.6. The van der Waals surface area contributed by atoms with Crippen LogP contribution in [0.2, 0.25) is 0 Å². The Morgan fingerprint density at radius 2 is 1.75 bits per heavy atom. The highest BCUT2D eigenvalue weighted by atomic mass is 79.9. The van der Waals surface area contributed by atoms with Crippen LogP contribution >= 0.6 is 12.6 Å². The van der Waals surface area contributed by atoms with E-state index in [-0.39, 0.29) is 17.0 Å². The fourth-order valence-corrected chi connectivity index (χ4v) is 1.14. The minimum Gasteiger partial charge on any atom is -1.00 e. The van der Waals surface area contributed by atoms with Crippen molar-refractivity contribution < 1.29 is 21.5 Å². The molecule has 0 fully saturated rings. The van der Waals surface area contributed by atoms with Crippen LogP contribution in [0.15, 0.2) is 0 Å². The standard InChI is InChI=1S/C8H20N2S.BrH/c1-10(2,8-9)6-4-3-5-7-11;/h3-9H2,1-2H3;1H. The minimum atomic E-state index is 0. The lowest BCUT2D eigenvalue weighted by Crippen LogP contribution is -3.00. The second-order valence-electron chi connectivity index (χ2n) is 3.63. The van der Waals surface area contributed by atoms with Crippen LogP contribution in [-0.4, -0.2) is 37.5 Å². The van der Waals surface area contributed by atoms with Gasteiger partial charge < -0.3 is 21.5 Å². The molecule has 0 heterocycles. The number of hydrogen-bond donors (Lipinski definition) is 2. The summed E-state index contributed by atoms with van der Waals surface area (Å²) in [5.41, 5.74) is 5.58. The SMILES string of the molecule is C[N+](C)(CN)CCCCCS.[Br-]. The molecular formula is C8H21BrN2S. The molecule has 0 aromatic heterocycles. The van der Waals surface area contributed by atoms with E-state index in [9.17, 15) is 0 Å². The predicted octanol–water partition coefficient (Wildman–Crippen LogP) is -1.92. The normalized spacial score (nSPS) is 11.0. The van der Waals surface area contributed by atoms with E-state index in [0.29, 0.717) is 0 Å². The molecule has 0 rings (SSSR count). The van der Waals surface area contributed by atoms with Crippen LogP contribution < -0.4 is 22.7 Å². The Morgan fingerprint density at radius 1 is 1.17 bits per heavy atom. The first kappa shape index (κ1) is 15.2. The van der Waals surface area contributed by atoms with E-state index in [1.807, 2.05) is 0 Å². The Morgan fingerprint density at radius 3 is 2.17 bits per heavy atom. The van der Waals surface area contributed by atoms with Crippen LogP contribution in [0.5, 0.6) is 0 Å². The van der Waals surface area contributed by atoms with Crippen LogP contribution in [0.4, 0.5) is 0 Å². The Hall–Kier alpha value is 0.750. The van der Waals surface area contributed by atoms with Gasteiger partial charge in [-0.15, -0.1) is 0 Å². The molecule has 0 aliphatic rings. The number of nitrogens with zero attached hydrogens (tertiary/aromatic N) is 1. The molecule has 0 amide bonds. The quantitative estimate of drug-likeness (QED) is 0.247. The molecule has 0 aromatic carbocycles. The van der Waals surface area contributed by atoms with E-state index >= 15 is 0 Å². The molecule has 0 saturated heterocycles. The maximum atomic E-state index is 5.58. The molecule has 0 radical (unpaired) electrons. The molecule has 0 spiro atoms. The van der Waals surface area contributed by atoms with Gasteiger partial charge >= 0.3 is 0 Å². The second kappa shape index (κ2) is 8.35. The number of nitrogens with two attached hydrogens (primary N) is 1. The molecule has 2 N–H and O–H groups in total. The molecule has 0 saturated carbocycles. The predicted molar refractivity (Wildman–Crippen MR) is 53.7 cm³/mol. The van der Waals surface area contributed by atoms with Gasteiger partial charge in [-0.25, -0.2) is 0 Å². The maximum absolute atomic E-state index is 5.58. The molecule has 12 heavy (non-hydrogen) atoms. The highest BCUT2D eigenvalue weighted by Gasteiger charge is 2.09. The van der Waals surface area contributed by atoms with Crippen LogP contribution in [0.1, 0.15) is 19.3 Å². The highest BCUT2D eigenvalue weighted by molar-refractivity contribution is 7.80. The lowest BCUT2D eigenvalue weighted by Gasteiger charge is -2.27. The van der Waals surface area contributed by atoms with Gasteiger partial charge in [-0.05, 0) is 25.0 Å². The number of quaternary nitrogens is 1. The topological polar surface area (TPSA) is 26.0 Å². The van der Waals surface area contributed by atoms with Gasteiger partial charge in [0.2, 0.25) is 0 Å². The lowest BCUT2D eigenvalue weighted by molar-refractivity contribution is -0.890. The maximum Gasteiger partial charge on any atom is 0.129 e. The molecule has 0 unspecified atom stereocenters. The molecule has 0 aromatic rings. The zero-order valence-electron chi connectivity index (χ0n) is 8.09. The average molecular weight is 257 g/mol. The van der Waals surface area contributed by atoms with E-state index in [4.69, 9.17) is 5.73 Å². The van der Waals surface area contributed by atoms with Gasteiger partial charge in [0.25, 0.3) is 0 Å². The molecule has 4 heteroatoms. The average Bonchev–Trinajstić information content (AvgIpc) is 1.99. The lowest BCUT2D eigenvalue weighted by atomic mass is 10.2. The van der Waals surface area contributed by atoms with Crippen molar-refractivity contribution in [2.75, 3.05) is 33.1 Å². The first-order chi connectivity index (χ1) is 5.12. The van der Waals surface area contributed by atoms with E-state index in [2.05, 4.69) is 26.7 Å². The van der Waals surface area contributed by atoms with E-state index in [1.54, 1.807) is 0 Å². The zero-order chi connectivity index (χ0) is 8.74. The van der Waals surface area contributed by atoms with Crippen LogP contribution in [0, 0.1) is 0 Å². The van der Waals surface area contributed by atoms with Gasteiger partial charge in [0, 0.05) is 0 Å². The minimum absolute atomic E-state index is 0. The molecule has 2 nitrogen and oxygen atoms in total. The fraction of sp³-hybridized carbons (Fsp3) is 1.00. The molecule has 0 aliphatic heterocycles. The van der Waals surface area contributed by atoms with Crippen molar-refractivity contribution in [2.45, 2.75) is 19.3 Å². The van der Waals surface area contributed by atoms with Gasteiger partial charge in [-0.2, -0.15) is 12.6 Å². The van der Waals surface area contributed by atoms with Crippen molar-refractivity contribution in [1.29, 1.82) is 0 Å². The largest absolute Gasteiger partial charge is 1.00 e. The van der Waals surface area contributed by atoms with Crippen molar-refractivity contribution in [3.05, 3.63) is 0 Å². The summed E-state index contributed by atoms with van der Waals surface area (Å²) in [6.45, 7) is 1.92. The molecule has 76 valence electrons. The number of thiol groups is 1. The van der Waals surface area contributed by atoms with Crippen molar-refractivity contribution in [2.24, 2.45) is 5.73 Å². The van der Waals surface area contributed by atoms with Gasteiger partial charge in [0.05, 0.1) is 20.6 Å². The molecule has 0 atom stereocenters. The van der Waals surface area contributed by atoms with Crippen molar-refractivity contribution >= 4 is 12.6 Å². The molecule has 0 bridgehead atoms. The van der Waals surface area contributed by atoms with E-state index in [1.165, 1.54) is 25.8 Å². The third kappa shape index (κ3) is 8.84. The summed E-state index contributed by atoms with van der Waals surface area (Å²) in [7, 11) is 4.33. The summed E-state index contributed by atoms with van der Waals surface area (Å²) in [6.07, 6.45) is 3.78. The van der Waals surface area contributed by atoms with Crippen molar-refractivity contribution in [3.63, 3.8) is 0 Å². The third-order valence-electron chi connectivity index (χ3n) is 1.92. The summed E-state index contributed by atoms with van der Waals surface area (Å²) in [6, 6.07) is 0. The van der Waals surface area contributed by atoms with Gasteiger partial charge in [0.15, 0.2) is 0 Å². The van der Waals surface area contributed by atoms with Crippen molar-refractivity contribution in [3.8, 4) is 0 Å². The van der Waals surface area contributed by atoms with Gasteiger partial charge in [-0.3, -0.25) is 5.73 Å². The number of unbranched alkanes of at least 4 members (excludes halogenated alkanes) is 2. The molecule has 0 aliphatic carbocycles.